The second-order valence-electron chi connectivity index (χ2n) is 8.41. The third-order valence-electron chi connectivity index (χ3n) is 4.94. The van der Waals surface area contributed by atoms with Crippen LogP contribution in [0.1, 0.15) is 64.2 Å². The van der Waals surface area contributed by atoms with Crippen LogP contribution in [-0.2, 0) is 22.4 Å². The first-order chi connectivity index (χ1) is 13.7. The van der Waals surface area contributed by atoms with Crippen molar-refractivity contribution in [3.63, 3.8) is 0 Å². The van der Waals surface area contributed by atoms with Gasteiger partial charge in [0.2, 0.25) is 5.91 Å². The highest BCUT2D eigenvalue weighted by Gasteiger charge is 2.36. The maximum absolute atomic E-state index is 13.4. The number of carbonyl (C=O) groups is 2. The predicted octanol–water partition coefficient (Wildman–Crippen LogP) is 3.91. The number of nitrogens with zero attached hydrogens (tertiary/aromatic N) is 2. The van der Waals surface area contributed by atoms with E-state index in [1.165, 1.54) is 0 Å². The van der Waals surface area contributed by atoms with E-state index in [4.69, 9.17) is 4.74 Å². The van der Waals surface area contributed by atoms with Crippen LogP contribution < -0.4 is 10.2 Å². The average molecular weight is 399 g/mol. The fourth-order valence-corrected chi connectivity index (χ4v) is 3.56. The molecule has 0 saturated carbocycles. The van der Waals surface area contributed by atoms with Crippen molar-refractivity contribution < 1.29 is 14.3 Å². The molecule has 1 aliphatic rings. The SMILES string of the molecule is CCc1cnc(C2CCc3ccccc3N2C(=O)C(C)NC(=O)OC(C)(C)C)[nH]1. The van der Waals surface area contributed by atoms with Crippen LogP contribution in [0.2, 0.25) is 0 Å². The van der Waals surface area contributed by atoms with Crippen molar-refractivity contribution in [2.45, 2.75) is 71.6 Å². The summed E-state index contributed by atoms with van der Waals surface area (Å²) in [6, 6.07) is 6.94. The van der Waals surface area contributed by atoms with Crippen molar-refractivity contribution >= 4 is 17.7 Å². The fraction of sp³-hybridized carbons (Fsp3) is 0.500. The lowest BCUT2D eigenvalue weighted by molar-refractivity contribution is -0.121. The number of rotatable bonds is 4. The van der Waals surface area contributed by atoms with Crippen LogP contribution in [-0.4, -0.2) is 33.6 Å². The van der Waals surface area contributed by atoms with Gasteiger partial charge in [-0.2, -0.15) is 0 Å². The van der Waals surface area contributed by atoms with Crippen LogP contribution in [0.15, 0.2) is 30.5 Å². The van der Waals surface area contributed by atoms with Gasteiger partial charge >= 0.3 is 6.09 Å². The molecule has 7 nitrogen and oxygen atoms in total. The third-order valence-corrected chi connectivity index (χ3v) is 4.94. The molecule has 1 aliphatic heterocycles. The Kier molecular flexibility index (Phi) is 5.96. The standard InChI is InChI=1S/C22H30N4O3/c1-6-16-13-23-19(25-16)18-12-11-15-9-7-8-10-17(15)26(18)20(27)14(2)24-21(28)29-22(3,4)5/h7-10,13-14,18H,6,11-12H2,1-5H3,(H,23,25)(H,24,28). The van der Waals surface area contributed by atoms with Gasteiger partial charge in [-0.15, -0.1) is 0 Å². The monoisotopic (exact) mass is 398 g/mol. The second-order valence-corrected chi connectivity index (χ2v) is 8.41. The van der Waals surface area contributed by atoms with Crippen LogP contribution in [0, 0.1) is 0 Å². The zero-order valence-corrected chi connectivity index (χ0v) is 17.8. The smallest absolute Gasteiger partial charge is 0.408 e. The molecule has 2 amide bonds. The number of aromatic amines is 1. The lowest BCUT2D eigenvalue weighted by atomic mass is 9.94. The van der Waals surface area contributed by atoms with Gasteiger partial charge < -0.3 is 15.0 Å². The number of aromatic nitrogens is 2. The summed E-state index contributed by atoms with van der Waals surface area (Å²) in [6.07, 6.45) is 3.69. The fourth-order valence-electron chi connectivity index (χ4n) is 3.56. The van der Waals surface area contributed by atoms with Crippen LogP contribution in [0.25, 0.3) is 0 Å². The molecule has 0 fully saturated rings. The number of para-hydroxylation sites is 1. The number of ether oxygens (including phenoxy) is 1. The van der Waals surface area contributed by atoms with Crippen molar-refractivity contribution in [2.24, 2.45) is 0 Å². The van der Waals surface area contributed by atoms with Crippen molar-refractivity contribution in [2.75, 3.05) is 4.90 Å². The Morgan fingerprint density at radius 3 is 2.72 bits per heavy atom. The Balaban J connectivity index is 1.88. The van der Waals surface area contributed by atoms with Crippen molar-refractivity contribution in [3.8, 4) is 0 Å². The van der Waals surface area contributed by atoms with E-state index in [1.807, 2.05) is 30.5 Å². The molecule has 2 atom stereocenters. The summed E-state index contributed by atoms with van der Waals surface area (Å²) in [7, 11) is 0. The van der Waals surface area contributed by atoms with Gasteiger partial charge in [-0.3, -0.25) is 9.69 Å². The van der Waals surface area contributed by atoms with E-state index in [0.29, 0.717) is 0 Å². The minimum absolute atomic E-state index is 0.192. The predicted molar refractivity (Wildman–Crippen MR) is 112 cm³/mol. The normalized spacial score (nSPS) is 17.4. The molecule has 0 bridgehead atoms. The van der Waals surface area contributed by atoms with E-state index in [9.17, 15) is 9.59 Å². The molecule has 0 aliphatic carbocycles. The van der Waals surface area contributed by atoms with E-state index < -0.39 is 17.7 Å². The average Bonchev–Trinajstić information content (AvgIpc) is 3.14. The topological polar surface area (TPSA) is 87.3 Å². The lowest BCUT2D eigenvalue weighted by Gasteiger charge is -2.37. The number of hydrogen-bond donors (Lipinski definition) is 2. The molecule has 2 N–H and O–H groups in total. The summed E-state index contributed by atoms with van der Waals surface area (Å²) in [5, 5.41) is 2.67. The number of H-pyrrole nitrogens is 1. The number of hydrogen-bond acceptors (Lipinski definition) is 4. The summed E-state index contributed by atoms with van der Waals surface area (Å²) in [4.78, 5) is 35.2. The summed E-state index contributed by atoms with van der Waals surface area (Å²) in [5.41, 5.74) is 2.38. The molecule has 1 aromatic carbocycles. The molecular weight excluding hydrogens is 368 g/mol. The molecular formula is C22H30N4O3. The Labute approximate surface area is 171 Å². The highest BCUT2D eigenvalue weighted by Crippen LogP contribution is 2.38. The number of nitrogens with one attached hydrogen (secondary N) is 2. The molecule has 2 aromatic rings. The Morgan fingerprint density at radius 1 is 1.34 bits per heavy atom. The maximum Gasteiger partial charge on any atom is 0.408 e. The molecule has 2 unspecified atom stereocenters. The van der Waals surface area contributed by atoms with Gasteiger partial charge in [0, 0.05) is 17.6 Å². The zero-order valence-electron chi connectivity index (χ0n) is 17.8. The molecule has 7 heteroatoms. The largest absolute Gasteiger partial charge is 0.444 e. The summed E-state index contributed by atoms with van der Waals surface area (Å²) in [6.45, 7) is 9.11. The highest BCUT2D eigenvalue weighted by molar-refractivity contribution is 6.00. The van der Waals surface area contributed by atoms with Crippen LogP contribution >= 0.6 is 0 Å². The van der Waals surface area contributed by atoms with E-state index >= 15 is 0 Å². The Morgan fingerprint density at radius 2 is 2.07 bits per heavy atom. The number of imidazole rings is 1. The highest BCUT2D eigenvalue weighted by atomic mass is 16.6. The van der Waals surface area contributed by atoms with Gasteiger partial charge in [0.15, 0.2) is 0 Å². The molecule has 3 rings (SSSR count). The van der Waals surface area contributed by atoms with Crippen molar-refractivity contribution in [1.29, 1.82) is 0 Å². The van der Waals surface area contributed by atoms with Crippen LogP contribution in [0.5, 0.6) is 0 Å². The summed E-state index contributed by atoms with van der Waals surface area (Å²) < 4.78 is 5.31. The molecule has 1 aromatic heterocycles. The molecule has 156 valence electrons. The number of amides is 2. The molecule has 29 heavy (non-hydrogen) atoms. The van der Waals surface area contributed by atoms with Gasteiger partial charge in [0.25, 0.3) is 0 Å². The zero-order chi connectivity index (χ0) is 21.2. The van der Waals surface area contributed by atoms with Gasteiger partial charge in [-0.1, -0.05) is 25.1 Å². The number of carbonyl (C=O) groups excluding carboxylic acids is 2. The molecule has 2 heterocycles. The minimum atomic E-state index is -0.737. The molecule has 0 spiro atoms. The summed E-state index contributed by atoms with van der Waals surface area (Å²) in [5.74, 6) is 0.580. The Bertz CT molecular complexity index is 884. The van der Waals surface area contributed by atoms with E-state index in [-0.39, 0.29) is 11.9 Å². The number of fused-ring (bicyclic) bond motifs is 1. The Hall–Kier alpha value is -2.83. The van der Waals surface area contributed by atoms with Gasteiger partial charge in [0.1, 0.15) is 17.5 Å². The summed E-state index contributed by atoms with van der Waals surface area (Å²) >= 11 is 0. The van der Waals surface area contributed by atoms with Crippen molar-refractivity contribution in [3.05, 3.63) is 47.5 Å². The van der Waals surface area contributed by atoms with Crippen molar-refractivity contribution in [1.82, 2.24) is 15.3 Å². The number of aryl methyl sites for hydroxylation is 2. The van der Waals surface area contributed by atoms with E-state index in [1.54, 1.807) is 32.6 Å². The number of alkyl carbamates (subject to hydrolysis) is 1. The second kappa shape index (κ2) is 8.27. The molecule has 0 radical (unpaired) electrons. The number of benzene rings is 1. The first-order valence-electron chi connectivity index (χ1n) is 10.1. The first kappa shape index (κ1) is 20.9. The lowest BCUT2D eigenvalue weighted by Crippen LogP contribution is -2.50. The minimum Gasteiger partial charge on any atom is -0.444 e. The van der Waals surface area contributed by atoms with Gasteiger partial charge in [0.05, 0.1) is 6.04 Å². The maximum atomic E-state index is 13.4. The van der Waals surface area contributed by atoms with Crippen LogP contribution in [0.4, 0.5) is 10.5 Å². The van der Waals surface area contributed by atoms with Gasteiger partial charge in [-0.05, 0) is 58.6 Å². The van der Waals surface area contributed by atoms with E-state index in [0.717, 1.165) is 42.0 Å². The quantitative estimate of drug-likeness (QED) is 0.817. The van der Waals surface area contributed by atoms with Crippen LogP contribution in [0.3, 0.4) is 0 Å². The number of anilines is 1. The van der Waals surface area contributed by atoms with E-state index in [2.05, 4.69) is 22.2 Å². The molecule has 0 saturated heterocycles. The first-order valence-corrected chi connectivity index (χ1v) is 10.1. The van der Waals surface area contributed by atoms with Gasteiger partial charge in [-0.25, -0.2) is 9.78 Å². The third kappa shape index (κ3) is 4.78.